The topological polar surface area (TPSA) is 109 Å². The van der Waals surface area contributed by atoms with Crippen molar-refractivity contribution in [2.75, 3.05) is 36.5 Å². The zero-order chi connectivity index (χ0) is 13.8. The molecule has 1 aliphatic rings. The van der Waals surface area contributed by atoms with E-state index in [1.807, 2.05) is 0 Å². The third-order valence-corrected chi connectivity index (χ3v) is 2.87. The highest BCUT2D eigenvalue weighted by Crippen LogP contribution is 2.11. The molecule has 2 aromatic rings. The number of anilines is 2. The zero-order valence-corrected chi connectivity index (χ0v) is 10.6. The smallest absolute Gasteiger partial charge is 0.278 e. The van der Waals surface area contributed by atoms with Gasteiger partial charge in [-0.05, 0) is 12.1 Å². The molecule has 9 heteroatoms. The van der Waals surface area contributed by atoms with Gasteiger partial charge < -0.3 is 9.64 Å². The van der Waals surface area contributed by atoms with Gasteiger partial charge in [0.05, 0.1) is 13.2 Å². The maximum absolute atomic E-state index is 11.9. The summed E-state index contributed by atoms with van der Waals surface area (Å²) < 4.78 is 5.27. The van der Waals surface area contributed by atoms with Gasteiger partial charge in [-0.3, -0.25) is 10.1 Å². The number of amides is 1. The lowest BCUT2D eigenvalue weighted by Crippen LogP contribution is -2.37. The average Bonchev–Trinajstić information content (AvgIpc) is 3.01. The first-order valence-corrected chi connectivity index (χ1v) is 6.16. The Morgan fingerprint density at radius 1 is 1.30 bits per heavy atom. The van der Waals surface area contributed by atoms with Gasteiger partial charge in [-0.2, -0.15) is 10.1 Å². The van der Waals surface area contributed by atoms with Crippen LogP contribution in [-0.4, -0.2) is 57.6 Å². The molecule has 9 nitrogen and oxygen atoms in total. The summed E-state index contributed by atoms with van der Waals surface area (Å²) in [5.74, 6) is 0.626. The number of carbonyl (C=O) groups excluding carboxylic acids is 1. The number of hydrogen-bond acceptors (Lipinski definition) is 7. The van der Waals surface area contributed by atoms with Crippen molar-refractivity contribution in [3.8, 4) is 0 Å². The molecule has 3 rings (SSSR count). The van der Waals surface area contributed by atoms with E-state index in [0.29, 0.717) is 13.2 Å². The molecule has 1 fully saturated rings. The van der Waals surface area contributed by atoms with Gasteiger partial charge in [0.2, 0.25) is 5.95 Å². The fourth-order valence-electron chi connectivity index (χ4n) is 1.84. The molecular weight excluding hydrogens is 262 g/mol. The minimum Gasteiger partial charge on any atom is -0.378 e. The summed E-state index contributed by atoms with van der Waals surface area (Å²) in [6.45, 7) is 2.90. The second-order valence-electron chi connectivity index (χ2n) is 4.16. The van der Waals surface area contributed by atoms with Gasteiger partial charge in [0, 0.05) is 13.1 Å². The van der Waals surface area contributed by atoms with Crippen LogP contribution in [0.15, 0.2) is 18.5 Å². The fraction of sp³-hybridized carbons (Fsp3) is 0.364. The van der Waals surface area contributed by atoms with E-state index in [0.717, 1.165) is 18.9 Å². The number of H-pyrrole nitrogens is 1. The molecule has 0 unspecified atom stereocenters. The van der Waals surface area contributed by atoms with Crippen molar-refractivity contribution in [3.05, 3.63) is 24.2 Å². The standard InChI is InChI=1S/C11H13N7O2/c19-10(14-11-12-7-13-17-11)8-1-2-9(16-15-8)18-3-5-20-6-4-18/h1-2,7H,3-6H2,(H2,12,13,14,17,19). The second-order valence-corrected chi connectivity index (χ2v) is 4.16. The van der Waals surface area contributed by atoms with E-state index >= 15 is 0 Å². The number of ether oxygens (including phenoxy) is 1. The SMILES string of the molecule is O=C(Nc1ncn[nH]1)c1ccc(N2CCOCC2)nn1. The lowest BCUT2D eigenvalue weighted by molar-refractivity contribution is 0.102. The molecule has 0 bridgehead atoms. The third kappa shape index (κ3) is 2.72. The van der Waals surface area contributed by atoms with Crippen LogP contribution in [0.1, 0.15) is 10.5 Å². The number of carbonyl (C=O) groups is 1. The Labute approximate surface area is 114 Å². The Hall–Kier alpha value is -2.55. The Morgan fingerprint density at radius 3 is 2.80 bits per heavy atom. The Balaban J connectivity index is 1.67. The largest absolute Gasteiger partial charge is 0.378 e. The summed E-state index contributed by atoms with van der Waals surface area (Å²) in [5.41, 5.74) is 0.221. The van der Waals surface area contributed by atoms with Gasteiger partial charge in [-0.15, -0.1) is 10.2 Å². The van der Waals surface area contributed by atoms with Crippen molar-refractivity contribution in [1.82, 2.24) is 25.4 Å². The van der Waals surface area contributed by atoms with Crippen LogP contribution < -0.4 is 10.2 Å². The van der Waals surface area contributed by atoms with E-state index in [4.69, 9.17) is 4.74 Å². The van der Waals surface area contributed by atoms with Crippen molar-refractivity contribution in [2.45, 2.75) is 0 Å². The number of nitrogens with zero attached hydrogens (tertiary/aromatic N) is 5. The summed E-state index contributed by atoms with van der Waals surface area (Å²) in [5, 5.41) is 16.7. The van der Waals surface area contributed by atoms with E-state index in [2.05, 4.69) is 35.6 Å². The molecule has 1 aliphatic heterocycles. The normalized spacial score (nSPS) is 15.1. The van der Waals surface area contributed by atoms with Crippen LogP contribution in [0.4, 0.5) is 11.8 Å². The second kappa shape index (κ2) is 5.61. The van der Waals surface area contributed by atoms with Gasteiger partial charge >= 0.3 is 0 Å². The first kappa shape index (κ1) is 12.5. The fourth-order valence-corrected chi connectivity index (χ4v) is 1.84. The van der Waals surface area contributed by atoms with E-state index in [1.54, 1.807) is 12.1 Å². The summed E-state index contributed by atoms with van der Waals surface area (Å²) in [6.07, 6.45) is 1.31. The Bertz CT molecular complexity index is 563. The quantitative estimate of drug-likeness (QED) is 0.790. The molecule has 2 N–H and O–H groups in total. The molecule has 0 radical (unpaired) electrons. The molecule has 1 amide bonds. The molecule has 0 saturated carbocycles. The predicted molar refractivity (Wildman–Crippen MR) is 69.4 cm³/mol. The number of nitrogens with one attached hydrogen (secondary N) is 2. The van der Waals surface area contributed by atoms with Crippen molar-refractivity contribution >= 4 is 17.7 Å². The molecule has 0 atom stereocenters. The van der Waals surface area contributed by atoms with Crippen LogP contribution in [0, 0.1) is 0 Å². The number of hydrogen-bond donors (Lipinski definition) is 2. The maximum Gasteiger partial charge on any atom is 0.278 e. The van der Waals surface area contributed by atoms with Gasteiger partial charge in [0.25, 0.3) is 5.91 Å². The van der Waals surface area contributed by atoms with Gasteiger partial charge in [-0.25, -0.2) is 5.10 Å². The first-order valence-electron chi connectivity index (χ1n) is 6.16. The highest BCUT2D eigenvalue weighted by molar-refractivity contribution is 6.01. The summed E-state index contributed by atoms with van der Waals surface area (Å²) in [7, 11) is 0. The van der Waals surface area contributed by atoms with Crippen molar-refractivity contribution in [2.24, 2.45) is 0 Å². The van der Waals surface area contributed by atoms with Gasteiger partial charge in [0.15, 0.2) is 11.5 Å². The number of rotatable bonds is 3. The minimum absolute atomic E-state index is 0.221. The van der Waals surface area contributed by atoms with Crippen LogP contribution in [-0.2, 0) is 4.74 Å². The predicted octanol–water partition coefficient (Wildman–Crippen LogP) is -0.316. The van der Waals surface area contributed by atoms with E-state index in [9.17, 15) is 4.79 Å². The number of morpholine rings is 1. The molecule has 104 valence electrons. The Morgan fingerprint density at radius 2 is 2.15 bits per heavy atom. The molecule has 2 aromatic heterocycles. The molecule has 0 spiro atoms. The monoisotopic (exact) mass is 275 g/mol. The molecule has 3 heterocycles. The highest BCUT2D eigenvalue weighted by Gasteiger charge is 2.15. The summed E-state index contributed by atoms with van der Waals surface area (Å²) in [4.78, 5) is 17.7. The van der Waals surface area contributed by atoms with E-state index < -0.39 is 0 Å². The molecule has 1 saturated heterocycles. The van der Waals surface area contributed by atoms with Crippen LogP contribution in [0.25, 0.3) is 0 Å². The number of aromatic amines is 1. The maximum atomic E-state index is 11.9. The zero-order valence-electron chi connectivity index (χ0n) is 10.6. The van der Waals surface area contributed by atoms with Crippen LogP contribution in [0.3, 0.4) is 0 Å². The van der Waals surface area contributed by atoms with E-state index in [-0.39, 0.29) is 17.5 Å². The lowest BCUT2D eigenvalue weighted by atomic mass is 10.3. The third-order valence-electron chi connectivity index (χ3n) is 2.87. The molecule has 20 heavy (non-hydrogen) atoms. The average molecular weight is 275 g/mol. The summed E-state index contributed by atoms with van der Waals surface area (Å²) >= 11 is 0. The van der Waals surface area contributed by atoms with Crippen molar-refractivity contribution in [1.29, 1.82) is 0 Å². The van der Waals surface area contributed by atoms with E-state index in [1.165, 1.54) is 6.33 Å². The molecular formula is C11H13N7O2. The van der Waals surface area contributed by atoms with Gasteiger partial charge in [0.1, 0.15) is 6.33 Å². The van der Waals surface area contributed by atoms with Crippen LogP contribution in [0.5, 0.6) is 0 Å². The Kier molecular flexibility index (Phi) is 3.50. The van der Waals surface area contributed by atoms with Crippen LogP contribution in [0.2, 0.25) is 0 Å². The first-order chi connectivity index (χ1) is 9.83. The highest BCUT2D eigenvalue weighted by atomic mass is 16.5. The van der Waals surface area contributed by atoms with Crippen molar-refractivity contribution in [3.63, 3.8) is 0 Å². The van der Waals surface area contributed by atoms with Crippen LogP contribution >= 0.6 is 0 Å². The summed E-state index contributed by atoms with van der Waals surface area (Å²) in [6, 6.07) is 3.40. The number of aromatic nitrogens is 5. The molecule has 0 aromatic carbocycles. The van der Waals surface area contributed by atoms with Crippen molar-refractivity contribution < 1.29 is 9.53 Å². The van der Waals surface area contributed by atoms with Gasteiger partial charge in [-0.1, -0.05) is 0 Å². The molecule has 0 aliphatic carbocycles. The minimum atomic E-state index is -0.386. The lowest BCUT2D eigenvalue weighted by Gasteiger charge is -2.27.